The molecule has 2 aromatic heterocycles. The van der Waals surface area contributed by atoms with Crippen LogP contribution in [0.25, 0.3) is 11.0 Å². The van der Waals surface area contributed by atoms with Gasteiger partial charge in [-0.3, -0.25) is 4.79 Å². The summed E-state index contributed by atoms with van der Waals surface area (Å²) in [6.45, 7) is 3.89. The van der Waals surface area contributed by atoms with E-state index in [4.69, 9.17) is 0 Å². The Balaban J connectivity index is 1.47. The van der Waals surface area contributed by atoms with Gasteiger partial charge >= 0.3 is 0 Å². The van der Waals surface area contributed by atoms with Gasteiger partial charge in [0.1, 0.15) is 12.4 Å². The van der Waals surface area contributed by atoms with Gasteiger partial charge < -0.3 is 14.0 Å². The number of carbonyl (C=O) groups excluding carboxylic acids is 1. The number of benzene rings is 1. The zero-order valence-electron chi connectivity index (χ0n) is 14.0. The molecule has 0 aliphatic carbocycles. The molecule has 1 aliphatic heterocycles. The first-order chi connectivity index (χ1) is 11.6. The number of aromatic nitrogens is 4. The average Bonchev–Trinajstić information content (AvgIpc) is 3.26. The van der Waals surface area contributed by atoms with Crippen LogP contribution in [0.15, 0.2) is 36.8 Å². The lowest BCUT2D eigenvalue weighted by molar-refractivity contribution is -0.130. The second-order valence-corrected chi connectivity index (χ2v) is 6.54. The van der Waals surface area contributed by atoms with E-state index in [1.54, 1.807) is 6.33 Å². The predicted octanol–water partition coefficient (Wildman–Crippen LogP) is 2.09. The van der Waals surface area contributed by atoms with Crippen molar-refractivity contribution < 1.29 is 4.79 Å². The zero-order valence-corrected chi connectivity index (χ0v) is 14.0. The molecule has 0 spiro atoms. The van der Waals surface area contributed by atoms with E-state index in [0.717, 1.165) is 42.1 Å². The highest BCUT2D eigenvalue weighted by molar-refractivity contribution is 5.80. The van der Waals surface area contributed by atoms with Gasteiger partial charge in [0.15, 0.2) is 0 Å². The summed E-state index contributed by atoms with van der Waals surface area (Å²) in [4.78, 5) is 23.6. The van der Waals surface area contributed by atoms with Gasteiger partial charge in [-0.2, -0.15) is 0 Å². The quantitative estimate of drug-likeness (QED) is 0.742. The summed E-state index contributed by atoms with van der Waals surface area (Å²) in [7, 11) is 2.03. The SMILES string of the molecule is Cc1cn(C)c([C@H]2CCN(C(=O)Cn3cnc4ccccc43)C2)n1. The van der Waals surface area contributed by atoms with Crippen LogP contribution < -0.4 is 0 Å². The molecule has 1 amide bonds. The zero-order chi connectivity index (χ0) is 16.7. The van der Waals surface area contributed by atoms with Gasteiger partial charge in [0.2, 0.25) is 5.91 Å². The van der Waals surface area contributed by atoms with E-state index < -0.39 is 0 Å². The molecule has 0 bridgehead atoms. The fourth-order valence-corrected chi connectivity index (χ4v) is 3.59. The maximum Gasteiger partial charge on any atom is 0.242 e. The molecule has 1 saturated heterocycles. The van der Waals surface area contributed by atoms with Crippen LogP contribution in [0, 0.1) is 6.92 Å². The van der Waals surface area contributed by atoms with Gasteiger partial charge in [0.05, 0.1) is 23.1 Å². The second-order valence-electron chi connectivity index (χ2n) is 6.54. The molecule has 3 heterocycles. The van der Waals surface area contributed by atoms with Crippen molar-refractivity contribution in [3.05, 3.63) is 48.3 Å². The Kier molecular flexibility index (Phi) is 3.59. The van der Waals surface area contributed by atoms with Gasteiger partial charge in [-0.1, -0.05) is 12.1 Å². The number of nitrogens with zero attached hydrogens (tertiary/aromatic N) is 5. The molecule has 3 aromatic rings. The minimum atomic E-state index is 0.145. The monoisotopic (exact) mass is 323 g/mol. The van der Waals surface area contributed by atoms with E-state index in [1.165, 1.54) is 0 Å². The fourth-order valence-electron chi connectivity index (χ4n) is 3.59. The number of imidazole rings is 2. The van der Waals surface area contributed by atoms with Crippen LogP contribution in [0.1, 0.15) is 23.9 Å². The van der Waals surface area contributed by atoms with E-state index in [9.17, 15) is 4.79 Å². The van der Waals surface area contributed by atoms with Crippen molar-refractivity contribution in [1.29, 1.82) is 0 Å². The molecule has 1 atom stereocenters. The Bertz CT molecular complexity index is 894. The van der Waals surface area contributed by atoms with Crippen molar-refractivity contribution >= 4 is 16.9 Å². The number of fused-ring (bicyclic) bond motifs is 1. The first kappa shape index (κ1) is 14.9. The lowest BCUT2D eigenvalue weighted by atomic mass is 10.1. The lowest BCUT2D eigenvalue weighted by Gasteiger charge is -2.17. The van der Waals surface area contributed by atoms with Crippen molar-refractivity contribution in [2.75, 3.05) is 13.1 Å². The van der Waals surface area contributed by atoms with Gasteiger partial charge in [0, 0.05) is 32.3 Å². The summed E-state index contributed by atoms with van der Waals surface area (Å²) < 4.78 is 4.01. The fraction of sp³-hybridized carbons (Fsp3) is 0.389. The normalized spacial score (nSPS) is 17.8. The maximum atomic E-state index is 12.7. The van der Waals surface area contributed by atoms with Crippen LogP contribution in [-0.2, 0) is 18.4 Å². The molecule has 1 aromatic carbocycles. The van der Waals surface area contributed by atoms with E-state index >= 15 is 0 Å². The number of likely N-dealkylation sites (tertiary alicyclic amines) is 1. The molecule has 6 nitrogen and oxygen atoms in total. The number of rotatable bonds is 3. The summed E-state index contributed by atoms with van der Waals surface area (Å²) >= 11 is 0. The smallest absolute Gasteiger partial charge is 0.242 e. The average molecular weight is 323 g/mol. The molecule has 24 heavy (non-hydrogen) atoms. The van der Waals surface area contributed by atoms with Crippen molar-refractivity contribution in [3.8, 4) is 0 Å². The largest absolute Gasteiger partial charge is 0.340 e. The first-order valence-electron chi connectivity index (χ1n) is 8.29. The molecular weight excluding hydrogens is 302 g/mol. The minimum absolute atomic E-state index is 0.145. The predicted molar refractivity (Wildman–Crippen MR) is 91.6 cm³/mol. The van der Waals surface area contributed by atoms with Crippen LogP contribution >= 0.6 is 0 Å². The number of amides is 1. The summed E-state index contributed by atoms with van der Waals surface area (Å²) in [6, 6.07) is 7.90. The number of aryl methyl sites for hydroxylation is 2. The Labute approximate surface area is 140 Å². The molecule has 0 N–H and O–H groups in total. The summed E-state index contributed by atoms with van der Waals surface area (Å²) in [6.07, 6.45) is 4.76. The molecule has 1 fully saturated rings. The van der Waals surface area contributed by atoms with Crippen LogP contribution in [0.2, 0.25) is 0 Å². The molecular formula is C18H21N5O. The summed E-state index contributed by atoms with van der Waals surface area (Å²) in [5.74, 6) is 1.55. The number of hydrogen-bond acceptors (Lipinski definition) is 3. The molecule has 124 valence electrons. The van der Waals surface area contributed by atoms with E-state index in [2.05, 4.69) is 14.5 Å². The molecule has 0 saturated carbocycles. The van der Waals surface area contributed by atoms with Crippen LogP contribution in [0.4, 0.5) is 0 Å². The van der Waals surface area contributed by atoms with Crippen molar-refractivity contribution in [2.45, 2.75) is 25.8 Å². The van der Waals surface area contributed by atoms with Crippen LogP contribution in [-0.4, -0.2) is 43.0 Å². The van der Waals surface area contributed by atoms with Gasteiger partial charge in [-0.25, -0.2) is 9.97 Å². The third kappa shape index (κ3) is 2.58. The Morgan fingerprint density at radius 3 is 2.96 bits per heavy atom. The molecule has 0 unspecified atom stereocenters. The van der Waals surface area contributed by atoms with Crippen molar-refractivity contribution in [1.82, 2.24) is 24.0 Å². The third-order valence-electron chi connectivity index (χ3n) is 4.77. The topological polar surface area (TPSA) is 56.0 Å². The highest BCUT2D eigenvalue weighted by atomic mass is 16.2. The summed E-state index contributed by atoms with van der Waals surface area (Å²) in [5, 5.41) is 0. The van der Waals surface area contributed by atoms with E-state index in [-0.39, 0.29) is 5.91 Å². The summed E-state index contributed by atoms with van der Waals surface area (Å²) in [5.41, 5.74) is 2.96. The van der Waals surface area contributed by atoms with Gasteiger partial charge in [-0.15, -0.1) is 0 Å². The maximum absolute atomic E-state index is 12.7. The number of hydrogen-bond donors (Lipinski definition) is 0. The highest BCUT2D eigenvalue weighted by Crippen LogP contribution is 2.26. The first-order valence-corrected chi connectivity index (χ1v) is 8.29. The minimum Gasteiger partial charge on any atom is -0.340 e. The number of carbonyl (C=O) groups is 1. The van der Waals surface area contributed by atoms with Crippen LogP contribution in [0.3, 0.4) is 0 Å². The molecule has 4 rings (SSSR count). The Hall–Kier alpha value is -2.63. The molecule has 0 radical (unpaired) electrons. The Morgan fingerprint density at radius 1 is 1.33 bits per heavy atom. The second kappa shape index (κ2) is 5.78. The van der Waals surface area contributed by atoms with Gasteiger partial charge in [0.25, 0.3) is 0 Å². The highest BCUT2D eigenvalue weighted by Gasteiger charge is 2.30. The third-order valence-corrected chi connectivity index (χ3v) is 4.77. The van der Waals surface area contributed by atoms with Crippen molar-refractivity contribution in [2.24, 2.45) is 7.05 Å². The lowest BCUT2D eigenvalue weighted by Crippen LogP contribution is -2.31. The number of para-hydroxylation sites is 2. The van der Waals surface area contributed by atoms with Crippen LogP contribution in [0.5, 0.6) is 0 Å². The van der Waals surface area contributed by atoms with Crippen molar-refractivity contribution in [3.63, 3.8) is 0 Å². The van der Waals surface area contributed by atoms with E-state index in [1.807, 2.05) is 53.9 Å². The molecule has 1 aliphatic rings. The molecule has 6 heteroatoms. The Morgan fingerprint density at radius 2 is 2.17 bits per heavy atom. The van der Waals surface area contributed by atoms with Gasteiger partial charge in [-0.05, 0) is 25.5 Å². The van der Waals surface area contributed by atoms with E-state index in [0.29, 0.717) is 12.5 Å². The standard InChI is InChI=1S/C18H21N5O/c1-13-9-21(2)18(20-13)14-7-8-22(10-14)17(24)11-23-12-19-15-5-3-4-6-16(15)23/h3-6,9,12,14H,7-8,10-11H2,1-2H3/t14-/m0/s1.